The van der Waals surface area contributed by atoms with Gasteiger partial charge in [0.15, 0.2) is 11.6 Å². The summed E-state index contributed by atoms with van der Waals surface area (Å²) in [6, 6.07) is 8.31. The van der Waals surface area contributed by atoms with E-state index in [0.717, 1.165) is 5.69 Å². The highest BCUT2D eigenvalue weighted by Gasteiger charge is 2.21. The van der Waals surface area contributed by atoms with E-state index >= 15 is 0 Å². The van der Waals surface area contributed by atoms with E-state index in [1.165, 1.54) is 0 Å². The summed E-state index contributed by atoms with van der Waals surface area (Å²) in [6.07, 6.45) is 0. The first-order valence-electron chi connectivity index (χ1n) is 6.66. The van der Waals surface area contributed by atoms with Crippen LogP contribution in [0.15, 0.2) is 30.3 Å². The van der Waals surface area contributed by atoms with Gasteiger partial charge in [0.05, 0.1) is 11.7 Å². The first kappa shape index (κ1) is 14.6. The van der Waals surface area contributed by atoms with Gasteiger partial charge in [0, 0.05) is 11.3 Å². The van der Waals surface area contributed by atoms with Crippen molar-refractivity contribution >= 4 is 0 Å². The van der Waals surface area contributed by atoms with Gasteiger partial charge in [0.1, 0.15) is 0 Å². The molecule has 1 aromatic carbocycles. The number of benzene rings is 1. The van der Waals surface area contributed by atoms with Gasteiger partial charge in [-0.2, -0.15) is 0 Å². The molecular formula is C16H18F2N2. The van der Waals surface area contributed by atoms with Crippen LogP contribution < -0.4 is 5.32 Å². The van der Waals surface area contributed by atoms with Gasteiger partial charge < -0.3 is 5.32 Å². The van der Waals surface area contributed by atoms with E-state index in [1.807, 2.05) is 32.0 Å². The van der Waals surface area contributed by atoms with Gasteiger partial charge in [0.2, 0.25) is 0 Å². The van der Waals surface area contributed by atoms with Crippen molar-refractivity contribution in [1.82, 2.24) is 10.3 Å². The fraction of sp³-hybridized carbons (Fsp3) is 0.312. The van der Waals surface area contributed by atoms with Crippen LogP contribution in [0.4, 0.5) is 8.78 Å². The maximum absolute atomic E-state index is 14.2. The Hall–Kier alpha value is -1.81. The highest BCUT2D eigenvalue weighted by molar-refractivity contribution is 5.33. The Morgan fingerprint density at radius 1 is 1.10 bits per heavy atom. The molecule has 0 saturated carbocycles. The number of hydrogen-bond donors (Lipinski definition) is 1. The molecule has 0 aliphatic rings. The molecule has 0 radical (unpaired) electrons. The molecule has 20 heavy (non-hydrogen) atoms. The van der Waals surface area contributed by atoms with E-state index in [1.54, 1.807) is 19.1 Å². The molecule has 2 aromatic rings. The topological polar surface area (TPSA) is 24.9 Å². The van der Waals surface area contributed by atoms with Crippen molar-refractivity contribution in [3.8, 4) is 0 Å². The number of hydrogen-bond acceptors (Lipinski definition) is 2. The molecule has 1 atom stereocenters. The zero-order chi connectivity index (χ0) is 14.7. The summed E-state index contributed by atoms with van der Waals surface area (Å²) < 4.78 is 27.9. The molecular weight excluding hydrogens is 258 g/mol. The summed E-state index contributed by atoms with van der Waals surface area (Å²) in [6.45, 7) is 5.98. The third kappa shape index (κ3) is 2.85. The number of rotatable bonds is 4. The van der Waals surface area contributed by atoms with Crippen LogP contribution in [0.3, 0.4) is 0 Å². The molecule has 0 aliphatic heterocycles. The van der Waals surface area contributed by atoms with Crippen molar-refractivity contribution < 1.29 is 8.78 Å². The predicted molar refractivity (Wildman–Crippen MR) is 75.6 cm³/mol. The second kappa shape index (κ2) is 6.09. The molecule has 0 spiro atoms. The van der Waals surface area contributed by atoms with Gasteiger partial charge in [-0.3, -0.25) is 4.98 Å². The second-order valence-electron chi connectivity index (χ2n) is 4.79. The summed E-state index contributed by atoms with van der Waals surface area (Å²) in [5.74, 6) is -1.60. The van der Waals surface area contributed by atoms with Gasteiger partial charge in [-0.05, 0) is 38.1 Å². The lowest BCUT2D eigenvalue weighted by Gasteiger charge is -2.19. The van der Waals surface area contributed by atoms with E-state index in [9.17, 15) is 8.78 Å². The molecule has 1 heterocycles. The molecule has 2 nitrogen and oxygen atoms in total. The summed E-state index contributed by atoms with van der Waals surface area (Å²) in [7, 11) is 0. The van der Waals surface area contributed by atoms with Crippen molar-refractivity contribution in [3.05, 3.63) is 64.5 Å². The average Bonchev–Trinajstić information content (AvgIpc) is 2.43. The molecule has 0 saturated heterocycles. The van der Waals surface area contributed by atoms with Gasteiger partial charge in [-0.25, -0.2) is 8.78 Å². The van der Waals surface area contributed by atoms with Crippen molar-refractivity contribution in [1.29, 1.82) is 0 Å². The minimum Gasteiger partial charge on any atom is -0.305 e. The van der Waals surface area contributed by atoms with E-state index in [0.29, 0.717) is 17.8 Å². The predicted octanol–water partition coefficient (Wildman–Crippen LogP) is 3.68. The van der Waals surface area contributed by atoms with Crippen LogP contribution in [0.5, 0.6) is 0 Å². The Morgan fingerprint density at radius 3 is 2.50 bits per heavy atom. The minimum atomic E-state index is -0.806. The third-order valence-corrected chi connectivity index (χ3v) is 3.23. The minimum absolute atomic E-state index is 0.285. The summed E-state index contributed by atoms with van der Waals surface area (Å²) in [5.41, 5.74) is 2.12. The van der Waals surface area contributed by atoms with Crippen LogP contribution in [0.25, 0.3) is 0 Å². The number of halogens is 2. The number of nitrogens with zero attached hydrogens (tertiary/aromatic N) is 1. The quantitative estimate of drug-likeness (QED) is 0.921. The zero-order valence-corrected chi connectivity index (χ0v) is 11.9. The summed E-state index contributed by atoms with van der Waals surface area (Å²) in [4.78, 5) is 4.41. The lowest BCUT2D eigenvalue weighted by molar-refractivity contribution is 0.476. The lowest BCUT2D eigenvalue weighted by atomic mass is 10.00. The molecule has 1 aromatic heterocycles. The van der Waals surface area contributed by atoms with Crippen molar-refractivity contribution in [2.24, 2.45) is 0 Å². The molecule has 4 heteroatoms. The van der Waals surface area contributed by atoms with Gasteiger partial charge in [-0.15, -0.1) is 0 Å². The molecule has 2 rings (SSSR count). The Morgan fingerprint density at radius 2 is 1.85 bits per heavy atom. The van der Waals surface area contributed by atoms with Crippen LogP contribution in [0.2, 0.25) is 0 Å². The van der Waals surface area contributed by atoms with Gasteiger partial charge in [-0.1, -0.05) is 25.1 Å². The Kier molecular flexibility index (Phi) is 4.45. The standard InChI is InChI=1S/C16H18F2N2/c1-4-19-16(13-7-5-6-11(3)20-13)12-9-8-10(2)14(17)15(12)18/h5-9,16,19H,4H2,1-3H3. The number of pyridine rings is 1. The second-order valence-corrected chi connectivity index (χ2v) is 4.79. The third-order valence-electron chi connectivity index (χ3n) is 3.23. The van der Waals surface area contributed by atoms with Crippen LogP contribution >= 0.6 is 0 Å². The Labute approximate surface area is 117 Å². The van der Waals surface area contributed by atoms with Crippen LogP contribution in [-0.4, -0.2) is 11.5 Å². The SMILES string of the molecule is CCNC(c1cccc(C)n1)c1ccc(C)c(F)c1F. The van der Waals surface area contributed by atoms with E-state index in [-0.39, 0.29) is 5.56 Å². The summed E-state index contributed by atoms with van der Waals surface area (Å²) >= 11 is 0. The summed E-state index contributed by atoms with van der Waals surface area (Å²) in [5, 5.41) is 3.16. The number of aryl methyl sites for hydroxylation is 2. The normalized spacial score (nSPS) is 12.4. The first-order chi connectivity index (χ1) is 9.54. The maximum Gasteiger partial charge on any atom is 0.164 e. The number of aromatic nitrogens is 1. The highest BCUT2D eigenvalue weighted by atomic mass is 19.2. The molecule has 1 unspecified atom stereocenters. The van der Waals surface area contributed by atoms with E-state index < -0.39 is 17.7 Å². The van der Waals surface area contributed by atoms with E-state index in [2.05, 4.69) is 10.3 Å². The molecule has 106 valence electrons. The van der Waals surface area contributed by atoms with Crippen molar-refractivity contribution in [2.75, 3.05) is 6.54 Å². The highest BCUT2D eigenvalue weighted by Crippen LogP contribution is 2.26. The Bertz CT molecular complexity index is 611. The van der Waals surface area contributed by atoms with Crippen LogP contribution in [0, 0.1) is 25.5 Å². The Balaban J connectivity index is 2.51. The van der Waals surface area contributed by atoms with Crippen molar-refractivity contribution in [2.45, 2.75) is 26.8 Å². The lowest BCUT2D eigenvalue weighted by Crippen LogP contribution is -2.24. The van der Waals surface area contributed by atoms with Crippen molar-refractivity contribution in [3.63, 3.8) is 0 Å². The molecule has 1 N–H and O–H groups in total. The smallest absolute Gasteiger partial charge is 0.164 e. The molecule has 0 bridgehead atoms. The molecule has 0 aliphatic carbocycles. The fourth-order valence-electron chi connectivity index (χ4n) is 2.19. The zero-order valence-electron chi connectivity index (χ0n) is 11.9. The largest absolute Gasteiger partial charge is 0.305 e. The van der Waals surface area contributed by atoms with Gasteiger partial charge >= 0.3 is 0 Å². The van der Waals surface area contributed by atoms with Crippen LogP contribution in [0.1, 0.15) is 35.5 Å². The van der Waals surface area contributed by atoms with E-state index in [4.69, 9.17) is 0 Å². The molecule has 0 amide bonds. The average molecular weight is 276 g/mol. The van der Waals surface area contributed by atoms with Gasteiger partial charge in [0.25, 0.3) is 0 Å². The number of nitrogens with one attached hydrogen (secondary N) is 1. The monoisotopic (exact) mass is 276 g/mol. The van der Waals surface area contributed by atoms with Crippen LogP contribution in [-0.2, 0) is 0 Å². The fourth-order valence-corrected chi connectivity index (χ4v) is 2.19. The maximum atomic E-state index is 14.2. The molecule has 0 fully saturated rings. The first-order valence-corrected chi connectivity index (χ1v) is 6.66.